The molecule has 1 saturated heterocycles. The van der Waals surface area contributed by atoms with Crippen molar-refractivity contribution in [3.63, 3.8) is 0 Å². The molecule has 2 fully saturated rings. The molecule has 1 aromatic heterocycles. The molecule has 2 aromatic rings. The van der Waals surface area contributed by atoms with Crippen LogP contribution in [-0.2, 0) is 0 Å². The van der Waals surface area contributed by atoms with E-state index in [0.717, 1.165) is 36.5 Å². The Morgan fingerprint density at radius 3 is 2.63 bits per heavy atom. The van der Waals surface area contributed by atoms with Crippen molar-refractivity contribution >= 4 is 29.4 Å². The molecule has 1 saturated carbocycles. The summed E-state index contributed by atoms with van der Waals surface area (Å²) in [5.74, 6) is -0.143. The van der Waals surface area contributed by atoms with Gasteiger partial charge in [-0.05, 0) is 67.3 Å². The lowest BCUT2D eigenvalue weighted by atomic mass is 9.93. The van der Waals surface area contributed by atoms with E-state index in [2.05, 4.69) is 19.9 Å². The fraction of sp³-hybridized carbons (Fsp3) is 0.500. The maximum atomic E-state index is 13.2. The average Bonchev–Trinajstić information content (AvgIpc) is 3.58. The van der Waals surface area contributed by atoms with Gasteiger partial charge in [-0.1, -0.05) is 6.07 Å². The number of benzene rings is 1. The normalized spacial score (nSPS) is 16.9. The third kappa shape index (κ3) is 7.25. The van der Waals surface area contributed by atoms with E-state index in [4.69, 9.17) is 9.84 Å². The molecule has 0 atom stereocenters. The fourth-order valence-electron chi connectivity index (χ4n) is 4.13. The highest BCUT2D eigenvalue weighted by molar-refractivity contribution is 7.97. The maximum Gasteiger partial charge on any atom is 0.392 e. The Morgan fingerprint density at radius 1 is 1.17 bits per heavy atom. The lowest BCUT2D eigenvalue weighted by Gasteiger charge is -2.35. The van der Waals surface area contributed by atoms with E-state index in [1.165, 1.54) is 30.9 Å². The quantitative estimate of drug-likeness (QED) is 0.317. The van der Waals surface area contributed by atoms with Crippen molar-refractivity contribution in [1.82, 2.24) is 9.71 Å². The monoisotopic (exact) mass is 510 g/mol. The number of nitrogens with zero attached hydrogens (tertiary/aromatic N) is 2. The number of aliphatic hydroxyl groups excluding tert-OH is 1. The number of aliphatic hydroxyl groups is 1. The lowest BCUT2D eigenvalue weighted by Crippen LogP contribution is -2.35. The molecule has 0 unspecified atom stereocenters. The van der Waals surface area contributed by atoms with Crippen LogP contribution in [0.5, 0.6) is 5.88 Å². The molecule has 1 aromatic carbocycles. The summed E-state index contributed by atoms with van der Waals surface area (Å²) in [4.78, 5) is 20.5. The van der Waals surface area contributed by atoms with Crippen LogP contribution in [0.2, 0.25) is 0 Å². The summed E-state index contributed by atoms with van der Waals surface area (Å²) in [5.41, 5.74) is 1.81. The van der Waals surface area contributed by atoms with Crippen molar-refractivity contribution in [3.8, 4) is 5.88 Å². The zero-order chi connectivity index (χ0) is 24.9. The van der Waals surface area contributed by atoms with Crippen LogP contribution < -0.4 is 19.7 Å². The third-order valence-electron chi connectivity index (χ3n) is 6.34. The lowest BCUT2D eigenvalue weighted by molar-refractivity contribution is -0.139. The van der Waals surface area contributed by atoms with Gasteiger partial charge in [0.1, 0.15) is 5.82 Å². The topological polar surface area (TPSA) is 86.7 Å². The molecule has 4 rings (SSSR count). The zero-order valence-corrected chi connectivity index (χ0v) is 20.1. The van der Waals surface area contributed by atoms with Gasteiger partial charge in [0.25, 0.3) is 5.91 Å². The summed E-state index contributed by atoms with van der Waals surface area (Å²) in [6.45, 7) is 1.68. The third-order valence-corrected chi connectivity index (χ3v) is 7.18. The van der Waals surface area contributed by atoms with Gasteiger partial charge in [-0.3, -0.25) is 9.52 Å². The number of hydrogen-bond acceptors (Lipinski definition) is 7. The molecule has 3 N–H and O–H groups in total. The number of aromatic nitrogens is 1. The molecule has 190 valence electrons. The summed E-state index contributed by atoms with van der Waals surface area (Å²) < 4.78 is 45.3. The zero-order valence-electron chi connectivity index (χ0n) is 19.2. The summed E-state index contributed by atoms with van der Waals surface area (Å²) in [5, 5.41) is 11.8. The van der Waals surface area contributed by atoms with E-state index in [0.29, 0.717) is 17.5 Å². The number of pyridine rings is 1. The van der Waals surface area contributed by atoms with Gasteiger partial charge in [0.2, 0.25) is 5.88 Å². The van der Waals surface area contributed by atoms with Crippen LogP contribution in [0.4, 0.5) is 24.7 Å². The van der Waals surface area contributed by atoms with E-state index >= 15 is 0 Å². The molecule has 2 aliphatic rings. The number of amides is 1. The smallest absolute Gasteiger partial charge is 0.392 e. The van der Waals surface area contributed by atoms with Crippen LogP contribution in [0.25, 0.3) is 0 Å². The number of carbonyl (C=O) groups excluding carboxylic acids is 1. The molecule has 0 bridgehead atoms. The summed E-state index contributed by atoms with van der Waals surface area (Å²) in [6.07, 6.45) is -0.623. The highest BCUT2D eigenvalue weighted by atomic mass is 32.2. The Hall–Kier alpha value is -2.50. The van der Waals surface area contributed by atoms with Crippen LogP contribution in [0, 0.1) is 5.41 Å². The Morgan fingerprint density at radius 2 is 1.94 bits per heavy atom. The molecule has 35 heavy (non-hydrogen) atoms. The molecule has 1 aliphatic heterocycles. The number of nitrogens with one attached hydrogen (secondary N) is 2. The predicted molar refractivity (Wildman–Crippen MR) is 129 cm³/mol. The number of halogens is 3. The molecule has 1 spiro atoms. The molecular formula is C24H29F3N4O3S. The summed E-state index contributed by atoms with van der Waals surface area (Å²) in [6, 6.07) is 10.2. The van der Waals surface area contributed by atoms with Gasteiger partial charge in [-0.15, -0.1) is 0 Å². The number of hydrogen-bond donors (Lipinski definition) is 3. The minimum Gasteiger partial charge on any atom is -0.477 e. The SMILES string of the molecule is O=C(Nc1cccc(OCCC(F)(F)F)n1)c1ccc(SNCCO)cc1N1CCC2(CC1)CC2. The van der Waals surface area contributed by atoms with Gasteiger partial charge in [0, 0.05) is 30.6 Å². The van der Waals surface area contributed by atoms with E-state index in [9.17, 15) is 18.0 Å². The van der Waals surface area contributed by atoms with Gasteiger partial charge in [-0.25, -0.2) is 0 Å². The fourth-order valence-corrected chi connectivity index (χ4v) is 4.79. The average molecular weight is 511 g/mol. The van der Waals surface area contributed by atoms with Crippen LogP contribution in [0.1, 0.15) is 42.5 Å². The van der Waals surface area contributed by atoms with Crippen molar-refractivity contribution in [2.24, 2.45) is 5.41 Å². The number of rotatable bonds is 10. The largest absolute Gasteiger partial charge is 0.477 e. The maximum absolute atomic E-state index is 13.2. The molecule has 0 radical (unpaired) electrons. The van der Waals surface area contributed by atoms with Crippen molar-refractivity contribution in [1.29, 1.82) is 0 Å². The Bertz CT molecular complexity index is 1020. The first-order valence-corrected chi connectivity index (χ1v) is 12.5. The van der Waals surface area contributed by atoms with Crippen molar-refractivity contribution in [2.75, 3.05) is 43.1 Å². The first-order chi connectivity index (χ1) is 16.8. The number of carbonyl (C=O) groups is 1. The van der Waals surface area contributed by atoms with Crippen molar-refractivity contribution in [3.05, 3.63) is 42.0 Å². The minimum atomic E-state index is -4.31. The van der Waals surface area contributed by atoms with Gasteiger partial charge >= 0.3 is 6.18 Å². The van der Waals surface area contributed by atoms with Crippen LogP contribution in [-0.4, -0.2) is 55.0 Å². The number of ether oxygens (including phenoxy) is 1. The van der Waals surface area contributed by atoms with E-state index in [1.807, 2.05) is 12.1 Å². The van der Waals surface area contributed by atoms with E-state index < -0.39 is 19.2 Å². The molecule has 7 nitrogen and oxygen atoms in total. The van der Waals surface area contributed by atoms with Crippen molar-refractivity contribution < 1.29 is 27.8 Å². The summed E-state index contributed by atoms with van der Waals surface area (Å²) >= 11 is 1.39. The first-order valence-electron chi connectivity index (χ1n) is 11.6. The molecule has 2 heterocycles. The predicted octanol–water partition coefficient (Wildman–Crippen LogP) is 4.63. The Kier molecular flexibility index (Phi) is 8.08. The highest BCUT2D eigenvalue weighted by Crippen LogP contribution is 2.54. The second-order valence-electron chi connectivity index (χ2n) is 8.91. The second kappa shape index (κ2) is 11.0. The molecule has 1 amide bonds. The van der Waals surface area contributed by atoms with Crippen LogP contribution in [0.15, 0.2) is 41.3 Å². The van der Waals surface area contributed by atoms with Crippen molar-refractivity contribution in [2.45, 2.75) is 43.2 Å². The van der Waals surface area contributed by atoms with Gasteiger partial charge in [0.15, 0.2) is 0 Å². The van der Waals surface area contributed by atoms with E-state index in [1.54, 1.807) is 18.2 Å². The Balaban J connectivity index is 1.47. The summed E-state index contributed by atoms with van der Waals surface area (Å²) in [7, 11) is 0. The van der Waals surface area contributed by atoms with Crippen LogP contribution >= 0.6 is 11.9 Å². The number of alkyl halides is 3. The van der Waals surface area contributed by atoms with Gasteiger partial charge in [0.05, 0.1) is 30.9 Å². The first kappa shape index (κ1) is 25.6. The Labute approximate surface area is 206 Å². The molecule has 1 aliphatic carbocycles. The molecule has 11 heteroatoms. The molecular weight excluding hydrogens is 481 g/mol. The highest BCUT2D eigenvalue weighted by Gasteiger charge is 2.44. The van der Waals surface area contributed by atoms with Gasteiger partial charge < -0.3 is 20.1 Å². The van der Waals surface area contributed by atoms with E-state index in [-0.39, 0.29) is 24.2 Å². The minimum absolute atomic E-state index is 0.0136. The number of piperidine rings is 1. The van der Waals surface area contributed by atoms with Crippen LogP contribution in [0.3, 0.4) is 0 Å². The second-order valence-corrected chi connectivity index (χ2v) is 9.88. The van der Waals surface area contributed by atoms with Gasteiger partial charge in [-0.2, -0.15) is 18.2 Å². The number of anilines is 2. The standard InChI is InChI=1S/C24H29F3N4O3S/c25-24(26,27)10-15-34-21-3-1-2-20(29-21)30-22(33)18-5-4-17(35-28-11-14-32)16-19(18)31-12-8-23(6-7-23)9-13-31/h1-5,16,28,32H,6-15H2,(H,29,30,33).